The molecule has 1 unspecified atom stereocenters. The quantitative estimate of drug-likeness (QED) is 0.465. The van der Waals surface area contributed by atoms with E-state index in [1.165, 1.54) is 4.90 Å². The minimum absolute atomic E-state index is 0.0488. The van der Waals surface area contributed by atoms with Crippen LogP contribution in [0.25, 0.3) is 10.9 Å². The zero-order valence-electron chi connectivity index (χ0n) is 20.2. The highest BCUT2D eigenvalue weighted by Gasteiger charge is 2.40. The molecule has 2 aromatic heterocycles. The second-order valence-corrected chi connectivity index (χ2v) is 9.48. The minimum Gasteiger partial charge on any atom is -0.497 e. The first-order valence-corrected chi connectivity index (χ1v) is 12.1. The number of carbonyl (C=O) groups excluding carboxylic acids is 2. The van der Waals surface area contributed by atoms with Crippen LogP contribution in [0.5, 0.6) is 5.75 Å². The molecule has 0 radical (unpaired) electrons. The normalized spacial score (nSPS) is 21.7. The molecule has 35 heavy (non-hydrogen) atoms. The standard InChI is InChI=1S/C26H30N4O5/c1-4-35-26(33)24-23(19-11-18(34-3)8-9-20(19)27-24)28-25(32)15(2)29-12-16-10-17(14-29)21-6-5-7-22(31)30(21)13-16/h5-9,11,15-17,27H,4,10,12-14H2,1-3H3,(H,28,32)/p+1/t15-,16-,17+/m0/s1. The summed E-state index contributed by atoms with van der Waals surface area (Å²) in [6.07, 6.45) is 1.04. The second kappa shape index (κ2) is 9.22. The Kier molecular flexibility index (Phi) is 6.10. The fraction of sp³-hybridized carbons (Fsp3) is 0.423. The van der Waals surface area contributed by atoms with Crippen molar-refractivity contribution in [2.24, 2.45) is 5.92 Å². The molecular weight excluding hydrogens is 448 g/mol. The Hall–Kier alpha value is -3.59. The van der Waals surface area contributed by atoms with Crippen molar-refractivity contribution >= 4 is 28.5 Å². The van der Waals surface area contributed by atoms with E-state index in [0.717, 1.165) is 25.2 Å². The van der Waals surface area contributed by atoms with Crippen molar-refractivity contribution in [2.45, 2.75) is 38.8 Å². The lowest BCUT2D eigenvalue weighted by molar-refractivity contribution is -0.924. The van der Waals surface area contributed by atoms with Crippen LogP contribution in [0.3, 0.4) is 0 Å². The van der Waals surface area contributed by atoms with Crippen LogP contribution >= 0.6 is 0 Å². The largest absolute Gasteiger partial charge is 0.497 e. The van der Waals surface area contributed by atoms with Crippen molar-refractivity contribution in [3.63, 3.8) is 0 Å². The summed E-state index contributed by atoms with van der Waals surface area (Å²) in [6, 6.07) is 10.5. The van der Waals surface area contributed by atoms with E-state index in [-0.39, 0.29) is 35.7 Å². The summed E-state index contributed by atoms with van der Waals surface area (Å²) in [4.78, 5) is 42.7. The van der Waals surface area contributed by atoms with Crippen molar-refractivity contribution in [1.82, 2.24) is 9.55 Å². The number of carbonyl (C=O) groups is 2. The number of hydrogen-bond donors (Lipinski definition) is 3. The maximum atomic E-state index is 13.5. The number of nitrogens with zero attached hydrogens (tertiary/aromatic N) is 1. The Morgan fingerprint density at radius 1 is 1.26 bits per heavy atom. The van der Waals surface area contributed by atoms with Gasteiger partial charge >= 0.3 is 5.97 Å². The maximum Gasteiger partial charge on any atom is 0.356 e. The van der Waals surface area contributed by atoms with Gasteiger partial charge in [0.05, 0.1) is 32.5 Å². The number of pyridine rings is 1. The second-order valence-electron chi connectivity index (χ2n) is 9.48. The minimum atomic E-state index is -0.521. The molecule has 4 heterocycles. The van der Waals surface area contributed by atoms with Gasteiger partial charge in [-0.05, 0) is 44.5 Å². The summed E-state index contributed by atoms with van der Waals surface area (Å²) in [5.74, 6) is 0.527. The first-order chi connectivity index (χ1) is 16.9. The lowest BCUT2D eigenvalue weighted by Gasteiger charge is -2.42. The third-order valence-corrected chi connectivity index (χ3v) is 7.36. The van der Waals surface area contributed by atoms with Crippen LogP contribution in [0.15, 0.2) is 41.2 Å². The molecule has 0 saturated carbocycles. The van der Waals surface area contributed by atoms with Crippen molar-refractivity contribution in [2.75, 3.05) is 32.1 Å². The van der Waals surface area contributed by atoms with Gasteiger partial charge in [0.2, 0.25) is 0 Å². The summed E-state index contributed by atoms with van der Waals surface area (Å²) in [5, 5.41) is 3.70. The molecule has 2 aliphatic rings. The molecule has 184 valence electrons. The SMILES string of the molecule is CCOC(=O)c1[nH]c2ccc(OC)cc2c1NC(=O)[C@H](C)[NH+]1C[C@@H]2C[C@H](C1)c1cccc(=O)n1C2. The summed E-state index contributed by atoms with van der Waals surface area (Å²) < 4.78 is 12.5. The van der Waals surface area contributed by atoms with Crippen LogP contribution in [-0.4, -0.2) is 54.3 Å². The van der Waals surface area contributed by atoms with E-state index in [4.69, 9.17) is 9.47 Å². The number of aromatic amines is 1. The Morgan fingerprint density at radius 2 is 2.09 bits per heavy atom. The highest BCUT2D eigenvalue weighted by atomic mass is 16.5. The molecule has 5 rings (SSSR count). The molecular formula is C26H31N4O5+. The monoisotopic (exact) mass is 479 g/mol. The molecule has 0 aliphatic carbocycles. The predicted octanol–water partition coefficient (Wildman–Crippen LogP) is 1.54. The molecule has 0 spiro atoms. The summed E-state index contributed by atoms with van der Waals surface area (Å²) in [6.45, 7) is 6.18. The van der Waals surface area contributed by atoms with E-state index in [0.29, 0.717) is 34.8 Å². The number of amides is 1. The Bertz CT molecular complexity index is 1340. The third-order valence-electron chi connectivity index (χ3n) is 7.36. The van der Waals surface area contributed by atoms with E-state index < -0.39 is 5.97 Å². The van der Waals surface area contributed by atoms with Crippen LogP contribution in [0.1, 0.15) is 42.4 Å². The number of hydrogen-bond acceptors (Lipinski definition) is 5. The van der Waals surface area contributed by atoms with E-state index in [1.807, 2.05) is 29.7 Å². The number of quaternary nitrogens is 1. The molecule has 2 bridgehead atoms. The number of aromatic nitrogens is 2. The van der Waals surface area contributed by atoms with Crippen molar-refractivity contribution < 1.29 is 24.0 Å². The predicted molar refractivity (Wildman–Crippen MR) is 131 cm³/mol. The molecule has 9 nitrogen and oxygen atoms in total. The fourth-order valence-corrected chi connectivity index (χ4v) is 5.60. The number of anilines is 1. The lowest BCUT2D eigenvalue weighted by Crippen LogP contribution is -3.18. The molecule has 2 aliphatic heterocycles. The molecule has 1 fully saturated rings. The van der Waals surface area contributed by atoms with Gasteiger partial charge < -0.3 is 29.2 Å². The average Bonchev–Trinajstić information content (AvgIpc) is 3.21. The first kappa shape index (κ1) is 23.2. The number of esters is 1. The molecule has 3 aromatic rings. The molecule has 1 aromatic carbocycles. The number of likely N-dealkylation sites (tertiary alicyclic amines) is 1. The zero-order valence-corrected chi connectivity index (χ0v) is 20.2. The molecule has 9 heteroatoms. The first-order valence-electron chi connectivity index (χ1n) is 12.1. The van der Waals surface area contributed by atoms with Crippen LogP contribution < -0.4 is 20.5 Å². The van der Waals surface area contributed by atoms with Crippen LogP contribution in [-0.2, 0) is 16.1 Å². The van der Waals surface area contributed by atoms with Gasteiger partial charge in [-0.25, -0.2) is 4.79 Å². The topological polar surface area (TPSA) is 107 Å². The van der Waals surface area contributed by atoms with Crippen LogP contribution in [0, 0.1) is 5.92 Å². The van der Waals surface area contributed by atoms with E-state index in [1.54, 1.807) is 32.2 Å². The molecule has 1 saturated heterocycles. The number of piperidine rings is 1. The van der Waals surface area contributed by atoms with Crippen molar-refractivity contribution in [1.29, 1.82) is 0 Å². The van der Waals surface area contributed by atoms with Gasteiger partial charge in [-0.1, -0.05) is 6.07 Å². The Labute approximate surface area is 203 Å². The number of rotatable bonds is 6. The Morgan fingerprint density at radius 3 is 2.86 bits per heavy atom. The number of methoxy groups -OCH3 is 1. The van der Waals surface area contributed by atoms with Gasteiger partial charge in [0, 0.05) is 41.0 Å². The number of benzene rings is 1. The van der Waals surface area contributed by atoms with Gasteiger partial charge in [-0.2, -0.15) is 0 Å². The van der Waals surface area contributed by atoms with E-state index >= 15 is 0 Å². The summed E-state index contributed by atoms with van der Waals surface area (Å²) in [5.41, 5.74) is 2.44. The summed E-state index contributed by atoms with van der Waals surface area (Å²) >= 11 is 0. The average molecular weight is 480 g/mol. The van der Waals surface area contributed by atoms with Gasteiger partial charge in [0.15, 0.2) is 6.04 Å². The number of nitrogens with one attached hydrogen (secondary N) is 3. The van der Waals surface area contributed by atoms with Gasteiger partial charge in [-0.15, -0.1) is 0 Å². The van der Waals surface area contributed by atoms with Gasteiger partial charge in [0.1, 0.15) is 11.4 Å². The van der Waals surface area contributed by atoms with Crippen LogP contribution in [0.2, 0.25) is 0 Å². The van der Waals surface area contributed by atoms with Crippen molar-refractivity contribution in [3.8, 4) is 5.75 Å². The number of fused-ring (bicyclic) bond motifs is 5. The Balaban J connectivity index is 1.41. The van der Waals surface area contributed by atoms with Gasteiger partial charge in [0.25, 0.3) is 11.5 Å². The molecule has 1 amide bonds. The highest BCUT2D eigenvalue weighted by Crippen LogP contribution is 2.32. The van der Waals surface area contributed by atoms with Crippen molar-refractivity contribution in [3.05, 3.63) is 58.1 Å². The van der Waals surface area contributed by atoms with Gasteiger partial charge in [-0.3, -0.25) is 9.59 Å². The highest BCUT2D eigenvalue weighted by molar-refractivity contribution is 6.11. The number of ether oxygens (including phenoxy) is 2. The number of H-pyrrole nitrogens is 1. The zero-order chi connectivity index (χ0) is 24.7. The maximum absolute atomic E-state index is 13.5. The smallest absolute Gasteiger partial charge is 0.356 e. The fourth-order valence-electron chi connectivity index (χ4n) is 5.60. The summed E-state index contributed by atoms with van der Waals surface area (Å²) in [7, 11) is 1.57. The molecule has 4 atom stereocenters. The molecule has 3 N–H and O–H groups in total. The third kappa shape index (κ3) is 4.20. The van der Waals surface area contributed by atoms with E-state index in [9.17, 15) is 14.4 Å². The van der Waals surface area contributed by atoms with Crippen LogP contribution in [0.4, 0.5) is 5.69 Å². The van der Waals surface area contributed by atoms with E-state index in [2.05, 4.69) is 10.3 Å². The lowest BCUT2D eigenvalue weighted by atomic mass is 9.82.